The lowest BCUT2D eigenvalue weighted by atomic mass is 9.89. The van der Waals surface area contributed by atoms with Crippen molar-refractivity contribution < 1.29 is 10.0 Å². The van der Waals surface area contributed by atoms with Crippen LogP contribution in [0.25, 0.3) is 11.1 Å². The van der Waals surface area contributed by atoms with E-state index in [0.717, 1.165) is 16.7 Å². The van der Waals surface area contributed by atoms with Gasteiger partial charge in [0.1, 0.15) is 0 Å². The fraction of sp³-hybridized carbons (Fsp3) is 0.105. The quantitative estimate of drug-likeness (QED) is 0.553. The number of hydrogen-bond donors (Lipinski definition) is 2. The van der Waals surface area contributed by atoms with E-state index in [9.17, 15) is 4.79 Å². The topological polar surface area (TPSA) is 49.3 Å². The normalized spacial score (nSPS) is 11.9. The van der Waals surface area contributed by atoms with E-state index in [4.69, 9.17) is 5.21 Å². The van der Waals surface area contributed by atoms with E-state index in [-0.39, 0.29) is 0 Å². The van der Waals surface area contributed by atoms with Crippen LogP contribution < -0.4 is 5.48 Å². The Morgan fingerprint density at radius 2 is 1.65 bits per heavy atom. The number of benzene rings is 2. The van der Waals surface area contributed by atoms with Crippen LogP contribution in [0.1, 0.15) is 22.6 Å². The molecule has 0 spiro atoms. The van der Waals surface area contributed by atoms with Gasteiger partial charge >= 0.3 is 0 Å². The van der Waals surface area contributed by atoms with Gasteiger partial charge in [-0.15, -0.1) is 0 Å². The van der Waals surface area contributed by atoms with Crippen LogP contribution in [0.4, 0.5) is 0 Å². The third-order valence-electron chi connectivity index (χ3n) is 3.92. The number of amides is 1. The standard InChI is InChI=1S/C19H17NO2S/c1-13-11-23-12-17(13)14-7-9-16(10-8-14)18(19(21)20-22)15-5-3-2-4-6-15/h2-12,18,22H,1H3,(H,20,21). The number of nitrogens with one attached hydrogen (secondary N) is 1. The molecule has 2 N–H and O–H groups in total. The van der Waals surface area contributed by atoms with Gasteiger partial charge in [0, 0.05) is 0 Å². The Bertz CT molecular complexity index is 794. The molecule has 23 heavy (non-hydrogen) atoms. The van der Waals surface area contributed by atoms with Gasteiger partial charge in [-0.2, -0.15) is 11.3 Å². The van der Waals surface area contributed by atoms with E-state index >= 15 is 0 Å². The summed E-state index contributed by atoms with van der Waals surface area (Å²) in [6.45, 7) is 2.09. The minimum Gasteiger partial charge on any atom is -0.289 e. The summed E-state index contributed by atoms with van der Waals surface area (Å²) in [6, 6.07) is 17.4. The van der Waals surface area contributed by atoms with Crippen molar-refractivity contribution in [1.82, 2.24) is 5.48 Å². The van der Waals surface area contributed by atoms with Crippen LogP contribution in [0, 0.1) is 6.92 Å². The van der Waals surface area contributed by atoms with Gasteiger partial charge in [0.2, 0.25) is 0 Å². The Kier molecular flexibility index (Phi) is 4.55. The van der Waals surface area contributed by atoms with E-state index in [1.54, 1.807) is 16.8 Å². The Hall–Kier alpha value is -2.43. The summed E-state index contributed by atoms with van der Waals surface area (Å²) in [5.74, 6) is -0.963. The molecule has 0 aliphatic rings. The first kappa shape index (κ1) is 15.5. The lowest BCUT2D eigenvalue weighted by Crippen LogP contribution is -2.27. The number of thiophene rings is 1. The highest BCUT2D eigenvalue weighted by molar-refractivity contribution is 7.08. The van der Waals surface area contributed by atoms with Crippen molar-refractivity contribution in [3.8, 4) is 11.1 Å². The largest absolute Gasteiger partial charge is 0.289 e. The molecule has 4 heteroatoms. The van der Waals surface area contributed by atoms with E-state index in [1.807, 2.05) is 54.6 Å². The summed E-state index contributed by atoms with van der Waals surface area (Å²) < 4.78 is 0. The zero-order valence-corrected chi connectivity index (χ0v) is 13.5. The number of hydrogen-bond acceptors (Lipinski definition) is 3. The molecule has 0 saturated carbocycles. The number of aryl methyl sites for hydroxylation is 1. The number of carbonyl (C=O) groups is 1. The molecule has 0 bridgehead atoms. The zero-order valence-electron chi connectivity index (χ0n) is 12.7. The third kappa shape index (κ3) is 3.18. The Morgan fingerprint density at radius 1 is 1.00 bits per heavy atom. The summed E-state index contributed by atoms with van der Waals surface area (Å²) in [6.07, 6.45) is 0. The third-order valence-corrected chi connectivity index (χ3v) is 4.78. The van der Waals surface area contributed by atoms with E-state index in [1.165, 1.54) is 11.1 Å². The molecule has 3 aromatic rings. The summed E-state index contributed by atoms with van der Waals surface area (Å²) in [7, 11) is 0. The van der Waals surface area contributed by atoms with Crippen molar-refractivity contribution in [3.05, 3.63) is 82.0 Å². The zero-order chi connectivity index (χ0) is 16.2. The minimum absolute atomic E-state index is 0.435. The average molecular weight is 323 g/mol. The van der Waals surface area contributed by atoms with Crippen LogP contribution in [-0.4, -0.2) is 11.1 Å². The smallest absolute Gasteiger partial charge is 0.255 e. The van der Waals surface area contributed by atoms with E-state index in [0.29, 0.717) is 0 Å². The highest BCUT2D eigenvalue weighted by Gasteiger charge is 2.22. The fourth-order valence-corrected chi connectivity index (χ4v) is 3.57. The molecular weight excluding hydrogens is 306 g/mol. The van der Waals surface area contributed by atoms with Crippen LogP contribution in [0.15, 0.2) is 65.4 Å². The molecule has 0 saturated heterocycles. The van der Waals surface area contributed by atoms with Crippen molar-refractivity contribution >= 4 is 17.2 Å². The van der Waals surface area contributed by atoms with Crippen molar-refractivity contribution in [2.24, 2.45) is 0 Å². The summed E-state index contributed by atoms with van der Waals surface area (Å²) in [4.78, 5) is 12.1. The monoisotopic (exact) mass is 323 g/mol. The molecule has 1 aromatic heterocycles. The van der Waals surface area contributed by atoms with Crippen LogP contribution in [0.2, 0.25) is 0 Å². The molecule has 0 radical (unpaired) electrons. The molecule has 0 aliphatic heterocycles. The molecule has 0 fully saturated rings. The van der Waals surface area contributed by atoms with Crippen LogP contribution in [0.5, 0.6) is 0 Å². The predicted molar refractivity (Wildman–Crippen MR) is 92.7 cm³/mol. The summed E-state index contributed by atoms with van der Waals surface area (Å²) >= 11 is 1.68. The summed E-state index contributed by atoms with van der Waals surface area (Å²) in [5.41, 5.74) is 7.06. The molecule has 116 valence electrons. The fourth-order valence-electron chi connectivity index (χ4n) is 2.72. The van der Waals surface area contributed by atoms with Crippen molar-refractivity contribution in [2.75, 3.05) is 0 Å². The lowest BCUT2D eigenvalue weighted by Gasteiger charge is -2.16. The molecule has 3 rings (SSSR count). The maximum absolute atomic E-state index is 12.1. The van der Waals surface area contributed by atoms with Gasteiger partial charge in [0.25, 0.3) is 5.91 Å². The molecule has 0 aliphatic carbocycles. The van der Waals surface area contributed by atoms with Gasteiger partial charge in [0.05, 0.1) is 5.92 Å². The first-order chi connectivity index (χ1) is 11.2. The van der Waals surface area contributed by atoms with Crippen molar-refractivity contribution in [1.29, 1.82) is 0 Å². The second kappa shape index (κ2) is 6.77. The molecule has 2 aromatic carbocycles. The second-order valence-electron chi connectivity index (χ2n) is 5.41. The van der Waals surface area contributed by atoms with E-state index < -0.39 is 11.8 Å². The molecule has 1 atom stereocenters. The lowest BCUT2D eigenvalue weighted by molar-refractivity contribution is -0.129. The van der Waals surface area contributed by atoms with Gasteiger partial charge in [-0.25, -0.2) is 5.48 Å². The van der Waals surface area contributed by atoms with Gasteiger partial charge in [-0.05, 0) is 45.5 Å². The minimum atomic E-state index is -0.529. The maximum atomic E-state index is 12.1. The van der Waals surface area contributed by atoms with Crippen LogP contribution >= 0.6 is 11.3 Å². The maximum Gasteiger partial charge on any atom is 0.255 e. The second-order valence-corrected chi connectivity index (χ2v) is 6.15. The van der Waals surface area contributed by atoms with Crippen molar-refractivity contribution in [2.45, 2.75) is 12.8 Å². The molecule has 1 heterocycles. The average Bonchev–Trinajstić information content (AvgIpc) is 3.02. The van der Waals surface area contributed by atoms with Crippen LogP contribution in [0.3, 0.4) is 0 Å². The van der Waals surface area contributed by atoms with E-state index in [2.05, 4.69) is 17.7 Å². The Labute approximate surface area is 139 Å². The highest BCUT2D eigenvalue weighted by Crippen LogP contribution is 2.30. The number of carbonyl (C=O) groups excluding carboxylic acids is 1. The van der Waals surface area contributed by atoms with Gasteiger partial charge in [-0.1, -0.05) is 54.6 Å². The van der Waals surface area contributed by atoms with Gasteiger partial charge in [-0.3, -0.25) is 10.0 Å². The Morgan fingerprint density at radius 3 is 2.22 bits per heavy atom. The van der Waals surface area contributed by atoms with Crippen LogP contribution in [-0.2, 0) is 4.79 Å². The molecule has 1 amide bonds. The van der Waals surface area contributed by atoms with Gasteiger partial charge in [0.15, 0.2) is 0 Å². The highest BCUT2D eigenvalue weighted by atomic mass is 32.1. The molecular formula is C19H17NO2S. The Balaban J connectivity index is 1.98. The van der Waals surface area contributed by atoms with Crippen molar-refractivity contribution in [3.63, 3.8) is 0 Å². The molecule has 3 nitrogen and oxygen atoms in total. The predicted octanol–water partition coefficient (Wildman–Crippen LogP) is 4.36. The van der Waals surface area contributed by atoms with Gasteiger partial charge < -0.3 is 0 Å². The SMILES string of the molecule is Cc1cscc1-c1ccc(C(C(=O)NO)c2ccccc2)cc1. The summed E-state index contributed by atoms with van der Waals surface area (Å²) in [5, 5.41) is 13.3. The first-order valence-corrected chi connectivity index (χ1v) is 8.27. The first-order valence-electron chi connectivity index (χ1n) is 7.32. The molecule has 1 unspecified atom stereocenters. The number of hydroxylamine groups is 1. The number of rotatable bonds is 4.